The molecule has 0 saturated carbocycles. The van der Waals surface area contributed by atoms with Gasteiger partial charge < -0.3 is 10.1 Å². The van der Waals surface area contributed by atoms with Gasteiger partial charge in [0, 0.05) is 17.8 Å². The molecule has 0 bridgehead atoms. The minimum absolute atomic E-state index is 0.759. The molecule has 0 radical (unpaired) electrons. The van der Waals surface area contributed by atoms with Crippen LogP contribution in [-0.2, 0) is 0 Å². The molecule has 0 unspecified atom stereocenters. The number of aryl methyl sites for hydroxylation is 1. The maximum absolute atomic E-state index is 5.58. The average Bonchev–Trinajstić information content (AvgIpc) is 2.26. The lowest BCUT2D eigenvalue weighted by Crippen LogP contribution is -2.02. The highest BCUT2D eigenvalue weighted by molar-refractivity contribution is 6.25. The van der Waals surface area contributed by atoms with E-state index in [1.807, 2.05) is 26.0 Å². The van der Waals surface area contributed by atoms with Gasteiger partial charge in [-0.05, 0) is 43.2 Å². The number of ether oxygens (including phenoxy) is 1. The first-order valence-corrected chi connectivity index (χ1v) is 5.25. The van der Waals surface area contributed by atoms with E-state index >= 15 is 0 Å². The molecule has 2 nitrogen and oxygen atoms in total. The van der Waals surface area contributed by atoms with Crippen LogP contribution in [0, 0.1) is 6.92 Å². The Morgan fingerprint density at radius 3 is 2.80 bits per heavy atom. The van der Waals surface area contributed by atoms with E-state index in [0.29, 0.717) is 0 Å². The van der Waals surface area contributed by atoms with E-state index in [4.69, 9.17) is 16.3 Å². The maximum atomic E-state index is 5.58. The minimum Gasteiger partial charge on any atom is -0.496 e. The van der Waals surface area contributed by atoms with Gasteiger partial charge in [-0.15, -0.1) is 0 Å². The summed E-state index contributed by atoms with van der Waals surface area (Å²) in [5.74, 6) is 0.908. The van der Waals surface area contributed by atoms with E-state index in [0.717, 1.165) is 29.1 Å². The van der Waals surface area contributed by atoms with Crippen LogP contribution in [0.3, 0.4) is 0 Å². The summed E-state index contributed by atoms with van der Waals surface area (Å²) >= 11 is 5.58. The molecule has 0 aliphatic heterocycles. The molecule has 0 heterocycles. The summed E-state index contributed by atoms with van der Waals surface area (Å²) in [5.41, 5.74) is 4.88. The molecular formula is C12H16ClNO. The van der Waals surface area contributed by atoms with Gasteiger partial charge >= 0.3 is 0 Å². The zero-order chi connectivity index (χ0) is 11.3. The van der Waals surface area contributed by atoms with Gasteiger partial charge in [0.25, 0.3) is 0 Å². The van der Waals surface area contributed by atoms with Crippen molar-refractivity contribution < 1.29 is 4.74 Å². The van der Waals surface area contributed by atoms with E-state index in [-0.39, 0.29) is 0 Å². The quantitative estimate of drug-likeness (QED) is 0.846. The summed E-state index contributed by atoms with van der Waals surface area (Å²) in [7, 11) is 1.68. The zero-order valence-corrected chi connectivity index (χ0v) is 10.1. The lowest BCUT2D eigenvalue weighted by Gasteiger charge is -2.09. The topological polar surface area (TPSA) is 21.3 Å². The summed E-state index contributed by atoms with van der Waals surface area (Å²) in [5, 5.41) is 3.28. The first-order valence-electron chi connectivity index (χ1n) is 4.81. The van der Waals surface area contributed by atoms with Crippen LogP contribution in [0.5, 0.6) is 5.75 Å². The fourth-order valence-corrected chi connectivity index (χ4v) is 1.35. The summed E-state index contributed by atoms with van der Waals surface area (Å²) in [4.78, 5) is 0. The second kappa shape index (κ2) is 5.66. The van der Waals surface area contributed by atoms with E-state index in [1.54, 1.807) is 12.6 Å². The summed E-state index contributed by atoms with van der Waals surface area (Å²) in [6.07, 6.45) is 0. The van der Waals surface area contributed by atoms with Gasteiger partial charge in [0.2, 0.25) is 0 Å². The van der Waals surface area contributed by atoms with Crippen molar-refractivity contribution in [2.45, 2.75) is 13.8 Å². The first-order chi connectivity index (χ1) is 7.17. The van der Waals surface area contributed by atoms with Crippen molar-refractivity contribution in [1.29, 1.82) is 0 Å². The van der Waals surface area contributed by atoms with E-state index < -0.39 is 0 Å². The summed E-state index contributed by atoms with van der Waals surface area (Å²) in [6.45, 7) is 4.76. The lowest BCUT2D eigenvalue weighted by molar-refractivity contribution is 0.412. The van der Waals surface area contributed by atoms with Gasteiger partial charge in [0.1, 0.15) is 5.75 Å². The molecular weight excluding hydrogens is 210 g/mol. The fourth-order valence-electron chi connectivity index (χ4n) is 1.27. The smallest absolute Gasteiger partial charge is 0.121 e. The van der Waals surface area contributed by atoms with E-state index in [9.17, 15) is 0 Å². The summed E-state index contributed by atoms with van der Waals surface area (Å²) in [6, 6.07) is 6.01. The number of rotatable bonds is 4. The Morgan fingerprint density at radius 2 is 2.27 bits per heavy atom. The van der Waals surface area contributed by atoms with Gasteiger partial charge in [-0.25, -0.2) is 0 Å². The molecule has 1 rings (SSSR count). The first kappa shape index (κ1) is 11.9. The van der Waals surface area contributed by atoms with Crippen LogP contribution in [-0.4, -0.2) is 13.7 Å². The Bertz CT molecular complexity index is 361. The second-order valence-corrected chi connectivity index (χ2v) is 3.71. The van der Waals surface area contributed by atoms with Gasteiger partial charge in [0.15, 0.2) is 0 Å². The van der Waals surface area contributed by atoms with Gasteiger partial charge in [0.05, 0.1) is 7.11 Å². The van der Waals surface area contributed by atoms with Gasteiger partial charge in [-0.3, -0.25) is 0 Å². The standard InChI is InChI=1S/C12H16ClNO/c1-9(7-13)8-14-11-4-5-12(15-3)10(2)6-11/h4-7,14H,8H2,1-3H3/b9-7+. The number of hydrogen-bond donors (Lipinski definition) is 1. The molecule has 1 N–H and O–H groups in total. The second-order valence-electron chi connectivity index (χ2n) is 3.49. The molecule has 0 saturated heterocycles. The van der Waals surface area contributed by atoms with Gasteiger partial charge in [-0.1, -0.05) is 11.6 Å². The number of anilines is 1. The number of hydrogen-bond acceptors (Lipinski definition) is 2. The van der Waals surface area contributed by atoms with Crippen molar-refractivity contribution in [1.82, 2.24) is 0 Å². The van der Waals surface area contributed by atoms with Crippen molar-refractivity contribution in [3.05, 3.63) is 34.9 Å². The molecule has 0 aromatic heterocycles. The monoisotopic (exact) mass is 225 g/mol. The Balaban J connectivity index is 2.67. The number of methoxy groups -OCH3 is 1. The molecule has 0 aliphatic rings. The maximum Gasteiger partial charge on any atom is 0.121 e. The highest BCUT2D eigenvalue weighted by Gasteiger charge is 1.99. The lowest BCUT2D eigenvalue weighted by atomic mass is 10.2. The minimum atomic E-state index is 0.759. The predicted octanol–water partition coefficient (Wildman–Crippen LogP) is 3.56. The highest BCUT2D eigenvalue weighted by Crippen LogP contribution is 2.21. The largest absolute Gasteiger partial charge is 0.496 e. The number of benzene rings is 1. The van der Waals surface area contributed by atoms with Crippen molar-refractivity contribution >= 4 is 17.3 Å². The normalized spacial score (nSPS) is 11.3. The third-order valence-corrected chi connectivity index (χ3v) is 2.52. The zero-order valence-electron chi connectivity index (χ0n) is 9.30. The fraction of sp³-hybridized carbons (Fsp3) is 0.333. The van der Waals surface area contributed by atoms with Crippen molar-refractivity contribution in [2.75, 3.05) is 19.0 Å². The molecule has 0 aliphatic carbocycles. The molecule has 0 spiro atoms. The summed E-state index contributed by atoms with van der Waals surface area (Å²) < 4.78 is 5.19. The van der Waals surface area contributed by atoms with Crippen LogP contribution in [0.2, 0.25) is 0 Å². The van der Waals surface area contributed by atoms with E-state index in [1.165, 1.54) is 0 Å². The average molecular weight is 226 g/mol. The van der Waals surface area contributed by atoms with Crippen LogP contribution in [0.4, 0.5) is 5.69 Å². The van der Waals surface area contributed by atoms with E-state index in [2.05, 4.69) is 11.4 Å². The Morgan fingerprint density at radius 1 is 1.53 bits per heavy atom. The van der Waals surface area contributed by atoms with Crippen molar-refractivity contribution in [2.24, 2.45) is 0 Å². The third kappa shape index (κ3) is 3.48. The number of nitrogens with one attached hydrogen (secondary N) is 1. The van der Waals surface area contributed by atoms with Crippen LogP contribution >= 0.6 is 11.6 Å². The van der Waals surface area contributed by atoms with Gasteiger partial charge in [-0.2, -0.15) is 0 Å². The Hall–Kier alpha value is -1.15. The number of halogens is 1. The molecule has 3 heteroatoms. The SMILES string of the molecule is COc1ccc(NC/C(C)=C/Cl)cc1C. The molecule has 1 aromatic carbocycles. The van der Waals surface area contributed by atoms with Crippen LogP contribution in [0.15, 0.2) is 29.3 Å². The Kier molecular flexibility index (Phi) is 4.50. The molecule has 82 valence electrons. The van der Waals surface area contributed by atoms with Crippen molar-refractivity contribution in [3.8, 4) is 5.75 Å². The molecule has 15 heavy (non-hydrogen) atoms. The third-order valence-electron chi connectivity index (χ3n) is 2.15. The molecule has 0 fully saturated rings. The molecule has 0 amide bonds. The molecule has 1 aromatic rings. The van der Waals surface area contributed by atoms with Crippen LogP contribution in [0.1, 0.15) is 12.5 Å². The molecule has 0 atom stereocenters. The van der Waals surface area contributed by atoms with Crippen LogP contribution in [0.25, 0.3) is 0 Å². The predicted molar refractivity (Wildman–Crippen MR) is 65.8 cm³/mol. The Labute approximate surface area is 95.9 Å². The van der Waals surface area contributed by atoms with Crippen LogP contribution < -0.4 is 10.1 Å². The van der Waals surface area contributed by atoms with Crippen molar-refractivity contribution in [3.63, 3.8) is 0 Å². The highest BCUT2D eigenvalue weighted by atomic mass is 35.5.